The first kappa shape index (κ1) is 13.5. The van der Waals surface area contributed by atoms with Crippen LogP contribution in [-0.2, 0) is 6.61 Å². The van der Waals surface area contributed by atoms with Crippen LogP contribution in [0.15, 0.2) is 47.2 Å². The molecule has 3 aromatic rings. The van der Waals surface area contributed by atoms with Crippen molar-refractivity contribution in [2.24, 2.45) is 0 Å². The SMILES string of the molecule is Nc1nc(OCc2ccccc2Br)nc(-n2cccn2)n1. The van der Waals surface area contributed by atoms with Crippen molar-refractivity contribution in [3.05, 3.63) is 52.8 Å². The van der Waals surface area contributed by atoms with E-state index < -0.39 is 0 Å². The molecule has 0 bridgehead atoms. The average Bonchev–Trinajstić information content (AvgIpc) is 3.00. The second-order valence-electron chi connectivity index (χ2n) is 4.11. The standard InChI is InChI=1S/C13H11BrN6O/c14-10-5-2-1-4-9(10)8-21-13-18-11(15)17-12(19-13)20-7-3-6-16-20/h1-7H,8H2,(H2,15,17,18,19). The molecule has 0 aliphatic carbocycles. The topological polar surface area (TPSA) is 91.7 Å². The van der Waals surface area contributed by atoms with Crippen LogP contribution in [0.4, 0.5) is 5.95 Å². The van der Waals surface area contributed by atoms with Gasteiger partial charge in [0, 0.05) is 22.4 Å². The van der Waals surface area contributed by atoms with E-state index in [0.717, 1.165) is 10.0 Å². The van der Waals surface area contributed by atoms with Crippen LogP contribution in [0.2, 0.25) is 0 Å². The van der Waals surface area contributed by atoms with E-state index in [0.29, 0.717) is 12.6 Å². The van der Waals surface area contributed by atoms with Crippen LogP contribution < -0.4 is 10.5 Å². The smallest absolute Gasteiger partial charge is 0.323 e. The Labute approximate surface area is 128 Å². The Balaban J connectivity index is 1.81. The fourth-order valence-electron chi connectivity index (χ4n) is 1.67. The molecule has 0 spiro atoms. The van der Waals surface area contributed by atoms with Crippen molar-refractivity contribution in [2.45, 2.75) is 6.61 Å². The molecule has 106 valence electrons. The van der Waals surface area contributed by atoms with Gasteiger partial charge in [0.1, 0.15) is 6.61 Å². The summed E-state index contributed by atoms with van der Waals surface area (Å²) in [4.78, 5) is 12.2. The number of hydrogen-bond acceptors (Lipinski definition) is 6. The first-order chi connectivity index (χ1) is 10.2. The summed E-state index contributed by atoms with van der Waals surface area (Å²) in [6.07, 6.45) is 3.34. The summed E-state index contributed by atoms with van der Waals surface area (Å²) in [5.74, 6) is 0.396. The molecule has 0 atom stereocenters. The summed E-state index contributed by atoms with van der Waals surface area (Å²) in [5, 5.41) is 4.05. The third-order valence-corrected chi connectivity index (χ3v) is 3.42. The van der Waals surface area contributed by atoms with Gasteiger partial charge in [0.15, 0.2) is 0 Å². The van der Waals surface area contributed by atoms with Crippen molar-refractivity contribution in [3.63, 3.8) is 0 Å². The molecule has 2 aromatic heterocycles. The lowest BCUT2D eigenvalue weighted by molar-refractivity contribution is 0.279. The summed E-state index contributed by atoms with van der Waals surface area (Å²) >= 11 is 3.46. The molecule has 0 aliphatic rings. The van der Waals surface area contributed by atoms with Gasteiger partial charge >= 0.3 is 6.01 Å². The van der Waals surface area contributed by atoms with Gasteiger partial charge < -0.3 is 10.5 Å². The maximum atomic E-state index is 5.67. The summed E-state index contributed by atoms with van der Waals surface area (Å²) in [5.41, 5.74) is 6.66. The Hall–Kier alpha value is -2.48. The Kier molecular flexibility index (Phi) is 3.78. The molecule has 0 aliphatic heterocycles. The fraction of sp³-hybridized carbons (Fsp3) is 0.0769. The van der Waals surface area contributed by atoms with Gasteiger partial charge in [-0.1, -0.05) is 34.1 Å². The van der Waals surface area contributed by atoms with Crippen LogP contribution >= 0.6 is 15.9 Å². The number of nitrogens with two attached hydrogens (primary N) is 1. The molecule has 0 saturated heterocycles. The number of rotatable bonds is 4. The van der Waals surface area contributed by atoms with Gasteiger partial charge in [-0.25, -0.2) is 4.68 Å². The predicted molar refractivity (Wildman–Crippen MR) is 79.8 cm³/mol. The van der Waals surface area contributed by atoms with Crippen molar-refractivity contribution in [1.82, 2.24) is 24.7 Å². The molecule has 0 fully saturated rings. The molecule has 0 radical (unpaired) electrons. The van der Waals surface area contributed by atoms with E-state index in [1.165, 1.54) is 4.68 Å². The van der Waals surface area contributed by atoms with Crippen molar-refractivity contribution >= 4 is 21.9 Å². The third kappa shape index (κ3) is 3.16. The average molecular weight is 347 g/mol. The van der Waals surface area contributed by atoms with Crippen LogP contribution in [-0.4, -0.2) is 24.7 Å². The van der Waals surface area contributed by atoms with Gasteiger partial charge in [-0.2, -0.15) is 20.1 Å². The minimum absolute atomic E-state index is 0.0811. The molecule has 0 unspecified atom stereocenters. The Morgan fingerprint density at radius 2 is 2.00 bits per heavy atom. The van der Waals surface area contributed by atoms with Crippen molar-refractivity contribution in [2.75, 3.05) is 5.73 Å². The van der Waals surface area contributed by atoms with Crippen LogP contribution in [0, 0.1) is 0 Å². The van der Waals surface area contributed by atoms with E-state index in [2.05, 4.69) is 36.0 Å². The van der Waals surface area contributed by atoms with Crippen LogP contribution in [0.3, 0.4) is 0 Å². The highest BCUT2D eigenvalue weighted by Crippen LogP contribution is 2.18. The number of benzene rings is 1. The quantitative estimate of drug-likeness (QED) is 0.776. The maximum Gasteiger partial charge on any atom is 0.323 e. The van der Waals surface area contributed by atoms with E-state index in [-0.39, 0.29) is 12.0 Å². The number of nitrogen functional groups attached to an aromatic ring is 1. The number of halogens is 1. The second kappa shape index (κ2) is 5.88. The van der Waals surface area contributed by atoms with Crippen molar-refractivity contribution in [1.29, 1.82) is 0 Å². The Bertz CT molecular complexity index is 746. The number of hydrogen-bond donors (Lipinski definition) is 1. The van der Waals surface area contributed by atoms with Crippen LogP contribution in [0.1, 0.15) is 5.56 Å². The van der Waals surface area contributed by atoms with Crippen LogP contribution in [0.25, 0.3) is 5.95 Å². The number of ether oxygens (including phenoxy) is 1. The monoisotopic (exact) mass is 346 g/mol. The zero-order chi connectivity index (χ0) is 14.7. The Morgan fingerprint density at radius 3 is 2.76 bits per heavy atom. The molecule has 3 rings (SSSR count). The van der Waals surface area contributed by atoms with E-state index >= 15 is 0 Å². The van der Waals surface area contributed by atoms with E-state index in [4.69, 9.17) is 10.5 Å². The second-order valence-corrected chi connectivity index (χ2v) is 4.96. The summed E-state index contributed by atoms with van der Waals surface area (Å²) < 4.78 is 8.03. The molecule has 1 aromatic carbocycles. The molecule has 0 saturated carbocycles. The van der Waals surface area contributed by atoms with Crippen molar-refractivity contribution in [3.8, 4) is 12.0 Å². The molecule has 2 heterocycles. The van der Waals surface area contributed by atoms with Gasteiger partial charge in [-0.05, 0) is 12.1 Å². The first-order valence-electron chi connectivity index (χ1n) is 6.10. The first-order valence-corrected chi connectivity index (χ1v) is 6.89. The number of nitrogens with zero attached hydrogens (tertiary/aromatic N) is 5. The highest BCUT2D eigenvalue weighted by Gasteiger charge is 2.08. The van der Waals surface area contributed by atoms with Crippen LogP contribution in [0.5, 0.6) is 6.01 Å². The van der Waals surface area contributed by atoms with E-state index in [1.54, 1.807) is 18.5 Å². The molecule has 7 nitrogen and oxygen atoms in total. The van der Waals surface area contributed by atoms with Gasteiger partial charge in [0.2, 0.25) is 5.95 Å². The van der Waals surface area contributed by atoms with E-state index in [1.807, 2.05) is 24.3 Å². The lowest BCUT2D eigenvalue weighted by Crippen LogP contribution is -2.09. The zero-order valence-corrected chi connectivity index (χ0v) is 12.4. The zero-order valence-electron chi connectivity index (χ0n) is 10.8. The molecular weight excluding hydrogens is 336 g/mol. The number of aromatic nitrogens is 5. The molecule has 0 amide bonds. The van der Waals surface area contributed by atoms with Gasteiger partial charge in [0.05, 0.1) is 0 Å². The summed E-state index contributed by atoms with van der Waals surface area (Å²) in [6.45, 7) is 0.323. The Morgan fingerprint density at radius 1 is 1.14 bits per heavy atom. The lowest BCUT2D eigenvalue weighted by atomic mass is 10.2. The molecular formula is C13H11BrN6O. The van der Waals surface area contributed by atoms with Gasteiger partial charge in [0.25, 0.3) is 5.95 Å². The summed E-state index contributed by atoms with van der Waals surface area (Å²) in [6, 6.07) is 9.68. The minimum Gasteiger partial charge on any atom is -0.458 e. The minimum atomic E-state index is 0.0811. The molecule has 21 heavy (non-hydrogen) atoms. The van der Waals surface area contributed by atoms with Gasteiger partial charge in [-0.15, -0.1) is 0 Å². The predicted octanol–water partition coefficient (Wildman–Crippen LogP) is 1.98. The highest BCUT2D eigenvalue weighted by atomic mass is 79.9. The van der Waals surface area contributed by atoms with E-state index in [9.17, 15) is 0 Å². The third-order valence-electron chi connectivity index (χ3n) is 2.64. The summed E-state index contributed by atoms with van der Waals surface area (Å²) in [7, 11) is 0. The lowest BCUT2D eigenvalue weighted by Gasteiger charge is -2.07. The van der Waals surface area contributed by atoms with Gasteiger partial charge in [-0.3, -0.25) is 0 Å². The normalized spacial score (nSPS) is 10.5. The fourth-order valence-corrected chi connectivity index (χ4v) is 2.07. The maximum absolute atomic E-state index is 5.67. The number of anilines is 1. The molecule has 2 N–H and O–H groups in total. The van der Waals surface area contributed by atoms with Crippen molar-refractivity contribution < 1.29 is 4.74 Å². The largest absolute Gasteiger partial charge is 0.458 e. The highest BCUT2D eigenvalue weighted by molar-refractivity contribution is 9.10. The molecule has 8 heteroatoms.